The summed E-state index contributed by atoms with van der Waals surface area (Å²) in [5, 5.41) is 0. The molecule has 0 radical (unpaired) electrons. The minimum Gasteiger partial charge on any atom is -0.497 e. The first-order valence-electron chi connectivity index (χ1n) is 6.28. The number of rotatable bonds is 3. The maximum atomic E-state index is 12.9. The minimum atomic E-state index is -4.42. The summed E-state index contributed by atoms with van der Waals surface area (Å²) in [5.74, 6) is 0.683. The second kappa shape index (κ2) is 5.99. The van der Waals surface area contributed by atoms with Gasteiger partial charge in [0.2, 0.25) is 0 Å². The van der Waals surface area contributed by atoms with Crippen LogP contribution in [0.2, 0.25) is 0 Å². The van der Waals surface area contributed by atoms with Crippen LogP contribution in [0.5, 0.6) is 5.75 Å². The molecule has 0 aliphatic heterocycles. The zero-order chi connectivity index (χ0) is 15.5. The highest BCUT2D eigenvalue weighted by atomic mass is 19.4. The van der Waals surface area contributed by atoms with Crippen LogP contribution in [0.4, 0.5) is 18.9 Å². The Morgan fingerprint density at radius 3 is 2.19 bits per heavy atom. The number of hydrogen-bond donors (Lipinski definition) is 0. The number of ether oxygens (including phenoxy) is 1. The Bertz CT molecular complexity index is 645. The zero-order valence-electron chi connectivity index (χ0n) is 11.6. The molecule has 0 saturated heterocycles. The molecular formula is C16H14F3NO. The van der Waals surface area contributed by atoms with Gasteiger partial charge in [0.15, 0.2) is 0 Å². The molecule has 0 fully saturated rings. The van der Waals surface area contributed by atoms with Crippen molar-refractivity contribution in [1.29, 1.82) is 0 Å². The average molecular weight is 293 g/mol. The summed E-state index contributed by atoms with van der Waals surface area (Å²) in [5.41, 5.74) is 0.429. The van der Waals surface area contributed by atoms with Gasteiger partial charge in [0, 0.05) is 5.71 Å². The van der Waals surface area contributed by atoms with Crippen molar-refractivity contribution in [1.82, 2.24) is 0 Å². The first-order chi connectivity index (χ1) is 9.91. The van der Waals surface area contributed by atoms with E-state index in [9.17, 15) is 13.2 Å². The zero-order valence-corrected chi connectivity index (χ0v) is 11.6. The smallest absolute Gasteiger partial charge is 0.418 e. The van der Waals surface area contributed by atoms with Crippen molar-refractivity contribution in [3.63, 3.8) is 0 Å². The number of alkyl halides is 3. The Hall–Kier alpha value is -2.30. The van der Waals surface area contributed by atoms with Crippen LogP contribution in [0.15, 0.2) is 53.5 Å². The fourth-order valence-corrected chi connectivity index (χ4v) is 1.89. The van der Waals surface area contributed by atoms with Gasteiger partial charge >= 0.3 is 6.18 Å². The fourth-order valence-electron chi connectivity index (χ4n) is 1.89. The predicted octanol–water partition coefficient (Wildman–Crippen LogP) is 4.85. The van der Waals surface area contributed by atoms with Crippen LogP contribution in [0, 0.1) is 0 Å². The molecule has 0 saturated carbocycles. The van der Waals surface area contributed by atoms with E-state index in [-0.39, 0.29) is 5.69 Å². The van der Waals surface area contributed by atoms with E-state index in [0.29, 0.717) is 11.5 Å². The third-order valence-electron chi connectivity index (χ3n) is 3.01. The van der Waals surface area contributed by atoms with Gasteiger partial charge < -0.3 is 4.74 Å². The van der Waals surface area contributed by atoms with E-state index in [1.165, 1.54) is 18.2 Å². The van der Waals surface area contributed by atoms with Crippen molar-refractivity contribution in [2.45, 2.75) is 13.1 Å². The highest BCUT2D eigenvalue weighted by molar-refractivity contribution is 6.00. The molecule has 0 spiro atoms. The van der Waals surface area contributed by atoms with Crippen LogP contribution in [0.3, 0.4) is 0 Å². The molecule has 0 N–H and O–H groups in total. The first-order valence-corrected chi connectivity index (χ1v) is 6.28. The third kappa shape index (κ3) is 3.62. The maximum Gasteiger partial charge on any atom is 0.418 e. The van der Waals surface area contributed by atoms with Gasteiger partial charge in [-0.25, -0.2) is 0 Å². The first kappa shape index (κ1) is 15.1. The molecule has 0 aliphatic rings. The quantitative estimate of drug-likeness (QED) is 0.741. The van der Waals surface area contributed by atoms with Crippen LogP contribution < -0.4 is 4.74 Å². The van der Waals surface area contributed by atoms with Crippen molar-refractivity contribution in [3.05, 3.63) is 59.7 Å². The van der Waals surface area contributed by atoms with Gasteiger partial charge in [0.05, 0.1) is 18.4 Å². The van der Waals surface area contributed by atoms with E-state index >= 15 is 0 Å². The molecule has 0 unspecified atom stereocenters. The molecule has 110 valence electrons. The van der Waals surface area contributed by atoms with Crippen molar-refractivity contribution in [2.24, 2.45) is 4.99 Å². The normalized spacial score (nSPS) is 12.3. The van der Waals surface area contributed by atoms with Crippen LogP contribution in [-0.2, 0) is 6.18 Å². The van der Waals surface area contributed by atoms with Gasteiger partial charge in [-0.2, -0.15) is 13.2 Å². The Morgan fingerprint density at radius 2 is 1.62 bits per heavy atom. The van der Waals surface area contributed by atoms with Crippen molar-refractivity contribution in [3.8, 4) is 5.75 Å². The molecule has 2 aromatic carbocycles. The molecule has 0 aliphatic carbocycles. The Kier molecular flexibility index (Phi) is 4.31. The second-order valence-electron chi connectivity index (χ2n) is 4.44. The molecule has 0 atom stereocenters. The maximum absolute atomic E-state index is 12.9. The van der Waals surface area contributed by atoms with E-state index in [4.69, 9.17) is 4.74 Å². The predicted molar refractivity (Wildman–Crippen MR) is 76.3 cm³/mol. The lowest BCUT2D eigenvalue weighted by Crippen LogP contribution is -2.05. The summed E-state index contributed by atoms with van der Waals surface area (Å²) >= 11 is 0. The lowest BCUT2D eigenvalue weighted by Gasteiger charge is -2.10. The third-order valence-corrected chi connectivity index (χ3v) is 3.01. The van der Waals surface area contributed by atoms with E-state index in [2.05, 4.69) is 4.99 Å². The van der Waals surface area contributed by atoms with Crippen molar-refractivity contribution < 1.29 is 17.9 Å². The summed E-state index contributed by atoms with van der Waals surface area (Å²) in [7, 11) is 1.55. The standard InChI is InChI=1S/C16H14F3NO/c1-11(12-7-9-13(21-2)10-8-12)20-15-6-4-3-5-14(15)16(17,18)19/h3-10H,1-2H3/b20-11+. The number of aliphatic imine (C=N–C) groups is 1. The lowest BCUT2D eigenvalue weighted by molar-refractivity contribution is -0.137. The van der Waals surface area contributed by atoms with Gasteiger partial charge in [-0.05, 0) is 48.9 Å². The summed E-state index contributed by atoms with van der Waals surface area (Å²) in [6.07, 6.45) is -4.42. The van der Waals surface area contributed by atoms with E-state index in [1.807, 2.05) is 0 Å². The second-order valence-corrected chi connectivity index (χ2v) is 4.44. The molecule has 0 bridgehead atoms. The Labute approximate surface area is 120 Å². The summed E-state index contributed by atoms with van der Waals surface area (Å²) < 4.78 is 43.8. The molecule has 0 amide bonds. The highest BCUT2D eigenvalue weighted by Crippen LogP contribution is 2.36. The summed E-state index contributed by atoms with van der Waals surface area (Å²) in [4.78, 5) is 4.11. The molecule has 2 rings (SSSR count). The molecule has 21 heavy (non-hydrogen) atoms. The monoisotopic (exact) mass is 293 g/mol. The van der Waals surface area contributed by atoms with Gasteiger partial charge in [0.1, 0.15) is 5.75 Å². The molecule has 2 nitrogen and oxygen atoms in total. The molecular weight excluding hydrogens is 279 g/mol. The fraction of sp³-hybridized carbons (Fsp3) is 0.188. The summed E-state index contributed by atoms with van der Waals surface area (Å²) in [6.45, 7) is 1.68. The topological polar surface area (TPSA) is 21.6 Å². The van der Waals surface area contributed by atoms with Gasteiger partial charge in [0.25, 0.3) is 0 Å². The van der Waals surface area contributed by atoms with Crippen LogP contribution >= 0.6 is 0 Å². The Balaban J connectivity index is 2.39. The van der Waals surface area contributed by atoms with Crippen molar-refractivity contribution in [2.75, 3.05) is 7.11 Å². The van der Waals surface area contributed by atoms with Gasteiger partial charge in [-0.3, -0.25) is 4.99 Å². The largest absolute Gasteiger partial charge is 0.497 e. The van der Waals surface area contributed by atoms with Crippen LogP contribution in [0.25, 0.3) is 0 Å². The van der Waals surface area contributed by atoms with Crippen LogP contribution in [0.1, 0.15) is 18.1 Å². The number of para-hydroxylation sites is 1. The van der Waals surface area contributed by atoms with Gasteiger partial charge in [-0.15, -0.1) is 0 Å². The number of hydrogen-bond acceptors (Lipinski definition) is 2. The average Bonchev–Trinajstić information content (AvgIpc) is 2.47. The highest BCUT2D eigenvalue weighted by Gasteiger charge is 2.33. The van der Waals surface area contributed by atoms with Crippen LogP contribution in [-0.4, -0.2) is 12.8 Å². The molecule has 5 heteroatoms. The van der Waals surface area contributed by atoms with E-state index in [0.717, 1.165) is 11.6 Å². The van der Waals surface area contributed by atoms with E-state index in [1.54, 1.807) is 38.3 Å². The molecule has 0 aromatic heterocycles. The number of nitrogens with zero attached hydrogens (tertiary/aromatic N) is 1. The lowest BCUT2D eigenvalue weighted by atomic mass is 10.1. The Morgan fingerprint density at radius 1 is 1.00 bits per heavy atom. The van der Waals surface area contributed by atoms with E-state index < -0.39 is 11.7 Å². The minimum absolute atomic E-state index is 0.0849. The molecule has 2 aromatic rings. The number of halogens is 3. The SMILES string of the molecule is COc1ccc(/C(C)=N/c2ccccc2C(F)(F)F)cc1. The molecule has 0 heterocycles. The number of methoxy groups -OCH3 is 1. The summed E-state index contributed by atoms with van der Waals surface area (Å²) in [6, 6.07) is 12.3. The number of benzene rings is 2. The van der Waals surface area contributed by atoms with Crippen molar-refractivity contribution >= 4 is 11.4 Å². The van der Waals surface area contributed by atoms with Gasteiger partial charge in [-0.1, -0.05) is 12.1 Å².